The molecule has 1 unspecified atom stereocenters. The summed E-state index contributed by atoms with van der Waals surface area (Å²) in [6.45, 7) is 1.66. The molecule has 1 N–H and O–H groups in total. The molecule has 3 heterocycles. The van der Waals surface area contributed by atoms with Gasteiger partial charge in [0.05, 0.1) is 6.42 Å². The van der Waals surface area contributed by atoms with Gasteiger partial charge in [0.2, 0.25) is 5.91 Å². The van der Waals surface area contributed by atoms with Crippen LogP contribution in [0.1, 0.15) is 61.9 Å². The first-order valence-electron chi connectivity index (χ1n) is 11.0. The number of amides is 1. The van der Waals surface area contributed by atoms with Crippen LogP contribution in [0.5, 0.6) is 0 Å². The van der Waals surface area contributed by atoms with E-state index in [4.69, 9.17) is 0 Å². The lowest BCUT2D eigenvalue weighted by Crippen LogP contribution is -2.32. The molecule has 3 fully saturated rings. The molecule has 3 aliphatic rings. The lowest BCUT2D eigenvalue weighted by Gasteiger charge is -2.29. The Balaban J connectivity index is 1.28. The second-order valence-corrected chi connectivity index (χ2v) is 9.26. The number of aromatic nitrogens is 4. The number of carbonyl (C=O) groups excluding carboxylic acids is 1. The van der Waals surface area contributed by atoms with Gasteiger partial charge in [0, 0.05) is 42.1 Å². The number of nitrogens with one attached hydrogen (secondary N) is 1. The molecule has 6 rings (SSSR count). The van der Waals surface area contributed by atoms with Crippen LogP contribution in [0.2, 0.25) is 0 Å². The molecule has 0 bridgehead atoms. The van der Waals surface area contributed by atoms with Gasteiger partial charge >= 0.3 is 0 Å². The smallest absolute Gasteiger partial charge is 0.227 e. The summed E-state index contributed by atoms with van der Waals surface area (Å²) < 4.78 is 2.30. The third-order valence-electron chi connectivity index (χ3n) is 7.47. The zero-order valence-electron chi connectivity index (χ0n) is 16.7. The number of hydrogen-bond acceptors (Lipinski definition) is 3. The second-order valence-electron chi connectivity index (χ2n) is 9.26. The Morgan fingerprint density at radius 1 is 1.21 bits per heavy atom. The molecule has 6 heteroatoms. The topological polar surface area (TPSA) is 66.8 Å². The van der Waals surface area contributed by atoms with Crippen LogP contribution in [0.15, 0.2) is 36.8 Å². The van der Waals surface area contributed by atoms with Crippen molar-refractivity contribution in [2.75, 3.05) is 13.1 Å². The zero-order valence-corrected chi connectivity index (χ0v) is 16.7. The molecule has 1 amide bonds. The Morgan fingerprint density at radius 2 is 2.03 bits per heavy atom. The van der Waals surface area contributed by atoms with Crippen LogP contribution in [-0.2, 0) is 11.2 Å². The molecule has 1 saturated heterocycles. The zero-order chi connectivity index (χ0) is 19.4. The van der Waals surface area contributed by atoms with Gasteiger partial charge in [-0.2, -0.15) is 0 Å². The van der Waals surface area contributed by atoms with Crippen molar-refractivity contribution in [3.63, 3.8) is 0 Å². The van der Waals surface area contributed by atoms with Gasteiger partial charge in [-0.25, -0.2) is 0 Å². The van der Waals surface area contributed by atoms with E-state index in [9.17, 15) is 4.79 Å². The Bertz CT molecular complexity index is 1060. The molecular formula is C23H27N5O. The minimum Gasteiger partial charge on any atom is -0.361 e. The maximum Gasteiger partial charge on any atom is 0.227 e. The highest BCUT2D eigenvalue weighted by Crippen LogP contribution is 2.54. The highest BCUT2D eigenvalue weighted by atomic mass is 16.2. The number of carbonyl (C=O) groups is 1. The van der Waals surface area contributed by atoms with E-state index in [0.717, 1.165) is 35.4 Å². The van der Waals surface area contributed by atoms with Crippen molar-refractivity contribution in [1.29, 1.82) is 0 Å². The van der Waals surface area contributed by atoms with Crippen molar-refractivity contribution in [2.24, 2.45) is 5.41 Å². The van der Waals surface area contributed by atoms with Crippen molar-refractivity contribution in [3.05, 3.63) is 48.2 Å². The number of rotatable bonds is 4. The van der Waals surface area contributed by atoms with Gasteiger partial charge in [0.15, 0.2) is 0 Å². The van der Waals surface area contributed by atoms with Crippen LogP contribution in [-0.4, -0.2) is 43.6 Å². The molecule has 2 aliphatic carbocycles. The van der Waals surface area contributed by atoms with Crippen LogP contribution in [0, 0.1) is 5.41 Å². The summed E-state index contributed by atoms with van der Waals surface area (Å²) in [6, 6.07) is 8.80. The van der Waals surface area contributed by atoms with Gasteiger partial charge in [-0.3, -0.25) is 4.79 Å². The highest BCUT2D eigenvalue weighted by Gasteiger charge is 2.52. The van der Waals surface area contributed by atoms with E-state index in [0.29, 0.717) is 18.4 Å². The molecule has 1 aliphatic heterocycles. The quantitative estimate of drug-likeness (QED) is 0.738. The number of H-pyrrole nitrogens is 1. The summed E-state index contributed by atoms with van der Waals surface area (Å²) in [6.07, 6.45) is 11.7. The van der Waals surface area contributed by atoms with E-state index < -0.39 is 0 Å². The number of aromatic amines is 1. The lowest BCUT2D eigenvalue weighted by molar-refractivity contribution is -0.129. The van der Waals surface area contributed by atoms with E-state index in [1.807, 2.05) is 24.7 Å². The number of nitrogens with zero attached hydrogens (tertiary/aromatic N) is 4. The van der Waals surface area contributed by atoms with Crippen molar-refractivity contribution in [1.82, 2.24) is 24.6 Å². The average molecular weight is 390 g/mol. The third-order valence-corrected chi connectivity index (χ3v) is 7.47. The number of likely N-dealkylation sites (tertiary alicyclic amines) is 1. The van der Waals surface area contributed by atoms with Gasteiger partial charge in [-0.1, -0.05) is 31.0 Å². The van der Waals surface area contributed by atoms with E-state index in [2.05, 4.69) is 36.8 Å². The van der Waals surface area contributed by atoms with Crippen molar-refractivity contribution in [2.45, 2.75) is 56.9 Å². The number of benzene rings is 1. The fourth-order valence-corrected chi connectivity index (χ4v) is 5.79. The lowest BCUT2D eigenvalue weighted by atomic mass is 9.76. The maximum atomic E-state index is 13.3. The first kappa shape index (κ1) is 17.2. The molecule has 1 atom stereocenters. The normalized spacial score (nSPS) is 23.4. The Morgan fingerprint density at radius 3 is 2.86 bits per heavy atom. The van der Waals surface area contributed by atoms with Crippen molar-refractivity contribution >= 4 is 16.8 Å². The van der Waals surface area contributed by atoms with E-state index >= 15 is 0 Å². The summed E-state index contributed by atoms with van der Waals surface area (Å²) in [5.74, 6) is 1.68. The summed E-state index contributed by atoms with van der Waals surface area (Å²) in [7, 11) is 0. The van der Waals surface area contributed by atoms with Crippen molar-refractivity contribution < 1.29 is 4.79 Å². The molecule has 2 aromatic heterocycles. The van der Waals surface area contributed by atoms with Gasteiger partial charge < -0.3 is 14.5 Å². The molecule has 6 nitrogen and oxygen atoms in total. The molecule has 2 saturated carbocycles. The Hall–Kier alpha value is -2.63. The van der Waals surface area contributed by atoms with Gasteiger partial charge in [0.1, 0.15) is 12.2 Å². The van der Waals surface area contributed by atoms with Gasteiger partial charge in [0.25, 0.3) is 0 Å². The molecular weight excluding hydrogens is 362 g/mol. The monoisotopic (exact) mass is 389 g/mol. The molecule has 3 aromatic rings. The third kappa shape index (κ3) is 2.80. The predicted octanol–water partition coefficient (Wildman–Crippen LogP) is 3.82. The highest BCUT2D eigenvalue weighted by molar-refractivity contribution is 5.89. The fraction of sp³-hybridized carbons (Fsp3) is 0.522. The minimum atomic E-state index is 0.190. The van der Waals surface area contributed by atoms with E-state index in [-0.39, 0.29) is 11.3 Å². The SMILES string of the molecule is O=C(Cc1c[nH]c2ccccc12)N1CC(c2nncn2C2CC2)C2(CCCC2)C1. The van der Waals surface area contributed by atoms with Crippen molar-refractivity contribution in [3.8, 4) is 0 Å². The maximum absolute atomic E-state index is 13.3. The number of fused-ring (bicyclic) bond motifs is 1. The summed E-state index contributed by atoms with van der Waals surface area (Å²) >= 11 is 0. The largest absolute Gasteiger partial charge is 0.361 e. The first-order chi connectivity index (χ1) is 14.2. The van der Waals surface area contributed by atoms with Gasteiger partial charge in [-0.05, 0) is 42.7 Å². The molecule has 1 aromatic carbocycles. The standard InChI is InChI=1S/C23H27N5O/c29-21(11-16-12-24-20-6-2-1-5-18(16)20)27-13-19(23(14-27)9-3-4-10-23)22-26-25-15-28(22)17-7-8-17/h1-2,5-6,12,15,17,19,24H,3-4,7-11,13-14H2. The van der Waals surface area contributed by atoms with Gasteiger partial charge in [-0.15, -0.1) is 10.2 Å². The minimum absolute atomic E-state index is 0.190. The predicted molar refractivity (Wildman–Crippen MR) is 111 cm³/mol. The number of para-hydroxylation sites is 1. The van der Waals surface area contributed by atoms with Crippen LogP contribution in [0.4, 0.5) is 0 Å². The van der Waals surface area contributed by atoms with E-state index in [1.165, 1.54) is 38.5 Å². The second kappa shape index (κ2) is 6.44. The molecule has 29 heavy (non-hydrogen) atoms. The number of hydrogen-bond donors (Lipinski definition) is 1. The average Bonchev–Trinajstić information content (AvgIpc) is 3.13. The van der Waals surface area contributed by atoms with Crippen LogP contribution in [0.3, 0.4) is 0 Å². The van der Waals surface area contributed by atoms with Crippen LogP contribution >= 0.6 is 0 Å². The molecule has 0 radical (unpaired) electrons. The summed E-state index contributed by atoms with van der Waals surface area (Å²) in [5.41, 5.74) is 2.38. The fourth-order valence-electron chi connectivity index (χ4n) is 5.79. The summed E-state index contributed by atoms with van der Waals surface area (Å²) in [4.78, 5) is 18.7. The molecule has 1 spiro atoms. The first-order valence-corrected chi connectivity index (χ1v) is 11.0. The molecule has 150 valence electrons. The Kier molecular flexibility index (Phi) is 3.83. The van der Waals surface area contributed by atoms with E-state index in [1.54, 1.807) is 0 Å². The summed E-state index contributed by atoms with van der Waals surface area (Å²) in [5, 5.41) is 9.96. The van der Waals surface area contributed by atoms with Crippen LogP contribution < -0.4 is 0 Å². The van der Waals surface area contributed by atoms with Crippen LogP contribution in [0.25, 0.3) is 10.9 Å². The Labute approximate surface area is 170 Å².